The summed E-state index contributed by atoms with van der Waals surface area (Å²) < 4.78 is 1.47. The van der Waals surface area contributed by atoms with Gasteiger partial charge in [0.25, 0.3) is 0 Å². The van der Waals surface area contributed by atoms with Gasteiger partial charge in [0.2, 0.25) is 0 Å². The minimum absolute atomic E-state index is 0.136. The number of hydrogen-bond acceptors (Lipinski definition) is 4. The van der Waals surface area contributed by atoms with Crippen molar-refractivity contribution in [3.05, 3.63) is 40.4 Å². The number of nitrogens with zero attached hydrogens (tertiary/aromatic N) is 3. The van der Waals surface area contributed by atoms with Crippen LogP contribution in [0.4, 0.5) is 11.6 Å². The predicted octanol–water partition coefficient (Wildman–Crippen LogP) is 1.62. The second-order valence-electron chi connectivity index (χ2n) is 3.51. The Kier molecular flexibility index (Phi) is 2.90. The molecule has 0 aliphatic rings. The molecule has 86 valence electrons. The van der Waals surface area contributed by atoms with Gasteiger partial charge in [0.1, 0.15) is 17.5 Å². The zero-order valence-electron chi connectivity index (χ0n) is 8.89. The van der Waals surface area contributed by atoms with E-state index in [4.69, 9.17) is 28.3 Å². The quantitative estimate of drug-likeness (QED) is 0.843. The monoisotopic (exact) mass is 247 g/mol. The van der Waals surface area contributed by atoms with Crippen molar-refractivity contribution in [3.8, 4) is 6.07 Å². The number of halogens is 1. The second kappa shape index (κ2) is 4.36. The molecule has 0 amide bonds. The highest BCUT2D eigenvalue weighted by atomic mass is 35.5. The van der Waals surface area contributed by atoms with Gasteiger partial charge in [0.05, 0.1) is 6.54 Å². The lowest BCUT2D eigenvalue weighted by molar-refractivity contribution is 0.701. The molecule has 0 radical (unpaired) electrons. The van der Waals surface area contributed by atoms with E-state index in [2.05, 4.69) is 5.10 Å². The van der Waals surface area contributed by atoms with Crippen LogP contribution in [0.2, 0.25) is 5.02 Å². The predicted molar refractivity (Wildman–Crippen MR) is 66.3 cm³/mol. The summed E-state index contributed by atoms with van der Waals surface area (Å²) in [6.07, 6.45) is 0. The third kappa shape index (κ3) is 2.03. The Balaban J connectivity index is 2.38. The highest BCUT2D eigenvalue weighted by Gasteiger charge is 2.13. The molecule has 0 fully saturated rings. The highest BCUT2D eigenvalue weighted by Crippen LogP contribution is 2.21. The average Bonchev–Trinajstić information content (AvgIpc) is 2.57. The number of nitrogens with two attached hydrogens (primary N) is 2. The van der Waals surface area contributed by atoms with Crippen LogP contribution in [0, 0.1) is 11.3 Å². The van der Waals surface area contributed by atoms with Gasteiger partial charge in [-0.25, -0.2) is 4.68 Å². The Morgan fingerprint density at radius 3 is 2.65 bits per heavy atom. The van der Waals surface area contributed by atoms with E-state index in [0.29, 0.717) is 11.6 Å². The number of aromatic nitrogens is 2. The van der Waals surface area contributed by atoms with Crippen molar-refractivity contribution in [2.24, 2.45) is 0 Å². The molecule has 1 aromatic carbocycles. The van der Waals surface area contributed by atoms with Crippen LogP contribution in [0.15, 0.2) is 24.3 Å². The molecule has 0 spiro atoms. The summed E-state index contributed by atoms with van der Waals surface area (Å²) in [5.41, 5.74) is 12.4. The van der Waals surface area contributed by atoms with Crippen molar-refractivity contribution in [1.29, 1.82) is 5.26 Å². The summed E-state index contributed by atoms with van der Waals surface area (Å²) >= 11 is 6.03. The van der Waals surface area contributed by atoms with Crippen LogP contribution in [0.5, 0.6) is 0 Å². The molecule has 17 heavy (non-hydrogen) atoms. The number of nitriles is 1. The third-order valence-electron chi connectivity index (χ3n) is 2.41. The Bertz CT molecular complexity index is 596. The van der Waals surface area contributed by atoms with E-state index in [1.807, 2.05) is 24.3 Å². The minimum Gasteiger partial charge on any atom is -0.383 e. The zero-order valence-corrected chi connectivity index (χ0v) is 9.65. The molecule has 5 nitrogen and oxygen atoms in total. The summed E-state index contributed by atoms with van der Waals surface area (Å²) in [5.74, 6) is 0.391. The maximum absolute atomic E-state index is 8.84. The number of nitrogen functional groups attached to an aromatic ring is 2. The Labute approximate surface area is 103 Å². The first-order chi connectivity index (χ1) is 8.13. The number of rotatable bonds is 2. The first-order valence-corrected chi connectivity index (χ1v) is 5.26. The van der Waals surface area contributed by atoms with Gasteiger partial charge in [-0.1, -0.05) is 29.8 Å². The standard InChI is InChI=1S/C11H10ClN5/c12-9-4-2-1-3-7(9)6-17-11(15)8(5-13)10(14)16-17/h1-4H,6,15H2,(H2,14,16). The third-order valence-corrected chi connectivity index (χ3v) is 2.78. The van der Waals surface area contributed by atoms with Gasteiger partial charge in [0, 0.05) is 5.02 Å². The molecule has 2 aromatic rings. The molecule has 0 aliphatic heterocycles. The Morgan fingerprint density at radius 1 is 1.35 bits per heavy atom. The van der Waals surface area contributed by atoms with Gasteiger partial charge < -0.3 is 11.5 Å². The molecule has 1 aromatic heterocycles. The van der Waals surface area contributed by atoms with Crippen molar-refractivity contribution in [1.82, 2.24) is 9.78 Å². The smallest absolute Gasteiger partial charge is 0.165 e. The number of benzene rings is 1. The topological polar surface area (TPSA) is 93.6 Å². The normalized spacial score (nSPS) is 10.1. The SMILES string of the molecule is N#Cc1c(N)nn(Cc2ccccc2Cl)c1N. The summed E-state index contributed by atoms with van der Waals surface area (Å²) in [6.45, 7) is 0.386. The second-order valence-corrected chi connectivity index (χ2v) is 3.91. The Morgan fingerprint density at radius 2 is 2.06 bits per heavy atom. The summed E-state index contributed by atoms with van der Waals surface area (Å²) in [5, 5.41) is 13.5. The van der Waals surface area contributed by atoms with E-state index in [1.165, 1.54) is 4.68 Å². The zero-order chi connectivity index (χ0) is 12.4. The van der Waals surface area contributed by atoms with Crippen LogP contribution in [0.1, 0.15) is 11.1 Å². The summed E-state index contributed by atoms with van der Waals surface area (Å²) in [7, 11) is 0. The van der Waals surface area contributed by atoms with E-state index in [9.17, 15) is 0 Å². The van der Waals surface area contributed by atoms with E-state index in [1.54, 1.807) is 6.07 Å². The van der Waals surface area contributed by atoms with Crippen LogP contribution < -0.4 is 11.5 Å². The molecular weight excluding hydrogens is 238 g/mol. The van der Waals surface area contributed by atoms with E-state index < -0.39 is 0 Å². The molecule has 0 aliphatic carbocycles. The van der Waals surface area contributed by atoms with Crippen LogP contribution in [-0.4, -0.2) is 9.78 Å². The highest BCUT2D eigenvalue weighted by molar-refractivity contribution is 6.31. The van der Waals surface area contributed by atoms with Crippen molar-refractivity contribution in [2.75, 3.05) is 11.5 Å². The van der Waals surface area contributed by atoms with Crippen LogP contribution in [-0.2, 0) is 6.54 Å². The van der Waals surface area contributed by atoms with E-state index in [-0.39, 0.29) is 17.2 Å². The van der Waals surface area contributed by atoms with Crippen LogP contribution in [0.25, 0.3) is 0 Å². The first kappa shape index (κ1) is 11.3. The average molecular weight is 248 g/mol. The molecular formula is C11H10ClN5. The Hall–Kier alpha value is -2.19. The van der Waals surface area contributed by atoms with Crippen LogP contribution >= 0.6 is 11.6 Å². The molecule has 2 rings (SSSR count). The van der Waals surface area contributed by atoms with E-state index >= 15 is 0 Å². The molecule has 0 atom stereocenters. The fourth-order valence-corrected chi connectivity index (χ4v) is 1.71. The molecule has 0 unspecified atom stereocenters. The maximum atomic E-state index is 8.84. The van der Waals surface area contributed by atoms with Gasteiger partial charge in [0.15, 0.2) is 5.82 Å². The number of anilines is 2. The molecule has 4 N–H and O–H groups in total. The minimum atomic E-state index is 0.136. The lowest BCUT2D eigenvalue weighted by Crippen LogP contribution is -2.06. The van der Waals surface area contributed by atoms with Crippen molar-refractivity contribution < 1.29 is 0 Å². The molecule has 6 heteroatoms. The molecule has 0 saturated carbocycles. The molecule has 0 saturated heterocycles. The molecule has 0 bridgehead atoms. The maximum Gasteiger partial charge on any atom is 0.165 e. The summed E-state index contributed by atoms with van der Waals surface area (Å²) in [6, 6.07) is 9.28. The van der Waals surface area contributed by atoms with Crippen molar-refractivity contribution in [2.45, 2.75) is 6.54 Å². The van der Waals surface area contributed by atoms with Gasteiger partial charge in [-0.3, -0.25) is 0 Å². The summed E-state index contributed by atoms with van der Waals surface area (Å²) in [4.78, 5) is 0. The fourth-order valence-electron chi connectivity index (χ4n) is 1.52. The lowest BCUT2D eigenvalue weighted by Gasteiger charge is -2.05. The van der Waals surface area contributed by atoms with Gasteiger partial charge in [-0.2, -0.15) is 10.4 Å². The fraction of sp³-hybridized carbons (Fsp3) is 0.0909. The number of hydrogen-bond donors (Lipinski definition) is 2. The van der Waals surface area contributed by atoms with Crippen molar-refractivity contribution in [3.63, 3.8) is 0 Å². The first-order valence-electron chi connectivity index (χ1n) is 4.88. The largest absolute Gasteiger partial charge is 0.383 e. The van der Waals surface area contributed by atoms with E-state index in [0.717, 1.165) is 5.56 Å². The van der Waals surface area contributed by atoms with Gasteiger partial charge >= 0.3 is 0 Å². The molecule has 1 heterocycles. The van der Waals surface area contributed by atoms with Crippen molar-refractivity contribution >= 4 is 23.2 Å². The van der Waals surface area contributed by atoms with Crippen LogP contribution in [0.3, 0.4) is 0 Å². The van der Waals surface area contributed by atoms with Gasteiger partial charge in [-0.05, 0) is 11.6 Å². The lowest BCUT2D eigenvalue weighted by atomic mass is 10.2. The van der Waals surface area contributed by atoms with Gasteiger partial charge in [-0.15, -0.1) is 0 Å².